The maximum atomic E-state index is 12.1. The second kappa shape index (κ2) is 6.81. The van der Waals surface area contributed by atoms with Crippen LogP contribution in [0.2, 0.25) is 0 Å². The Balaban J connectivity index is 2.89. The highest BCUT2D eigenvalue weighted by Crippen LogP contribution is 2.13. The Morgan fingerprint density at radius 2 is 1.78 bits per heavy atom. The van der Waals surface area contributed by atoms with Crippen molar-refractivity contribution in [3.63, 3.8) is 0 Å². The third kappa shape index (κ3) is 3.60. The average molecular weight is 248 g/mol. The minimum Gasteiger partial charge on any atom is -0.384 e. The minimum atomic E-state index is -1.21. The summed E-state index contributed by atoms with van der Waals surface area (Å²) in [6, 6.07) is 8.37. The van der Waals surface area contributed by atoms with Crippen LogP contribution in [-0.2, 0) is 14.3 Å². The van der Waals surface area contributed by atoms with Gasteiger partial charge in [-0.2, -0.15) is 0 Å². The molecule has 0 aromatic heterocycles. The first-order valence-electron chi connectivity index (χ1n) is 5.69. The third-order valence-electron chi connectivity index (χ3n) is 2.60. The van der Waals surface area contributed by atoms with Gasteiger partial charge in [-0.3, -0.25) is 14.4 Å². The molecule has 1 aromatic rings. The zero-order valence-electron chi connectivity index (χ0n) is 10.5. The lowest BCUT2D eigenvalue weighted by atomic mass is 9.89. The first-order valence-corrected chi connectivity index (χ1v) is 5.69. The molecule has 4 nitrogen and oxygen atoms in total. The van der Waals surface area contributed by atoms with Gasteiger partial charge in [0.2, 0.25) is 0 Å². The fraction of sp³-hybridized carbons (Fsp3) is 0.357. The maximum absolute atomic E-state index is 12.1. The SMILES string of the molecule is COCCC(=O)C(C(C)=O)C(=O)c1ccccc1. The molecule has 0 heterocycles. The lowest BCUT2D eigenvalue weighted by molar-refractivity contribution is -0.130. The number of benzene rings is 1. The van der Waals surface area contributed by atoms with Gasteiger partial charge in [0, 0.05) is 19.1 Å². The molecule has 96 valence electrons. The summed E-state index contributed by atoms with van der Waals surface area (Å²) in [6.45, 7) is 1.47. The molecule has 1 unspecified atom stereocenters. The Kier molecular flexibility index (Phi) is 5.39. The summed E-state index contributed by atoms with van der Waals surface area (Å²) in [5.74, 6) is -2.46. The summed E-state index contributed by atoms with van der Waals surface area (Å²) in [5.41, 5.74) is 0.378. The van der Waals surface area contributed by atoms with Gasteiger partial charge < -0.3 is 4.74 Å². The highest BCUT2D eigenvalue weighted by molar-refractivity contribution is 6.23. The van der Waals surface area contributed by atoms with Crippen LogP contribution >= 0.6 is 0 Å². The number of carbonyl (C=O) groups is 3. The zero-order valence-corrected chi connectivity index (χ0v) is 10.5. The molecule has 0 N–H and O–H groups in total. The number of ether oxygens (including phenoxy) is 1. The van der Waals surface area contributed by atoms with Gasteiger partial charge in [0.05, 0.1) is 6.61 Å². The van der Waals surface area contributed by atoms with E-state index in [1.165, 1.54) is 14.0 Å². The highest BCUT2D eigenvalue weighted by atomic mass is 16.5. The number of hydrogen-bond acceptors (Lipinski definition) is 4. The van der Waals surface area contributed by atoms with Crippen LogP contribution in [0.1, 0.15) is 23.7 Å². The summed E-state index contributed by atoms with van der Waals surface area (Å²) in [4.78, 5) is 35.4. The van der Waals surface area contributed by atoms with Crippen molar-refractivity contribution in [2.45, 2.75) is 13.3 Å². The van der Waals surface area contributed by atoms with Gasteiger partial charge in [0.1, 0.15) is 11.7 Å². The predicted octanol–water partition coefficient (Wildman–Crippen LogP) is 1.68. The minimum absolute atomic E-state index is 0.0688. The first-order chi connectivity index (χ1) is 8.57. The van der Waals surface area contributed by atoms with Crippen LogP contribution < -0.4 is 0 Å². The van der Waals surface area contributed by atoms with E-state index in [1.54, 1.807) is 30.3 Å². The van der Waals surface area contributed by atoms with E-state index in [0.29, 0.717) is 5.56 Å². The molecule has 0 fully saturated rings. The van der Waals surface area contributed by atoms with Crippen LogP contribution in [0.3, 0.4) is 0 Å². The van der Waals surface area contributed by atoms with Gasteiger partial charge in [-0.15, -0.1) is 0 Å². The van der Waals surface area contributed by atoms with Crippen LogP contribution in [-0.4, -0.2) is 31.1 Å². The lowest BCUT2D eigenvalue weighted by Crippen LogP contribution is -2.31. The molecule has 0 radical (unpaired) electrons. The zero-order chi connectivity index (χ0) is 13.5. The molecule has 0 saturated heterocycles. The summed E-state index contributed by atoms with van der Waals surface area (Å²) >= 11 is 0. The Morgan fingerprint density at radius 3 is 2.28 bits per heavy atom. The van der Waals surface area contributed by atoms with E-state index in [1.807, 2.05) is 0 Å². The number of ketones is 3. The topological polar surface area (TPSA) is 60.4 Å². The molecule has 4 heteroatoms. The molecular weight excluding hydrogens is 232 g/mol. The quantitative estimate of drug-likeness (QED) is 0.544. The smallest absolute Gasteiger partial charge is 0.180 e. The molecule has 0 aliphatic rings. The third-order valence-corrected chi connectivity index (χ3v) is 2.60. The molecule has 0 aliphatic carbocycles. The van der Waals surface area contributed by atoms with E-state index in [0.717, 1.165) is 0 Å². The molecule has 0 bridgehead atoms. The normalized spacial score (nSPS) is 11.9. The molecule has 1 rings (SSSR count). The van der Waals surface area contributed by atoms with Crippen LogP contribution in [0.4, 0.5) is 0 Å². The number of Topliss-reactive ketones (excluding diaryl/α,β-unsaturated/α-hetero) is 3. The van der Waals surface area contributed by atoms with Gasteiger partial charge in [-0.05, 0) is 6.92 Å². The van der Waals surface area contributed by atoms with Crippen molar-refractivity contribution in [1.29, 1.82) is 0 Å². The fourth-order valence-electron chi connectivity index (χ4n) is 1.67. The summed E-state index contributed by atoms with van der Waals surface area (Å²) in [6.07, 6.45) is 0.0688. The fourth-order valence-corrected chi connectivity index (χ4v) is 1.67. The standard InChI is InChI=1S/C14H16O4/c1-10(15)13(12(16)8-9-18-2)14(17)11-6-4-3-5-7-11/h3-7,13H,8-9H2,1-2H3. The van der Waals surface area contributed by atoms with E-state index in [4.69, 9.17) is 4.74 Å². The number of rotatable bonds is 7. The number of carbonyl (C=O) groups excluding carboxylic acids is 3. The largest absolute Gasteiger partial charge is 0.384 e. The predicted molar refractivity (Wildman–Crippen MR) is 66.4 cm³/mol. The van der Waals surface area contributed by atoms with E-state index in [9.17, 15) is 14.4 Å². The highest BCUT2D eigenvalue weighted by Gasteiger charge is 2.30. The molecule has 0 spiro atoms. The molecule has 0 aliphatic heterocycles. The van der Waals surface area contributed by atoms with Crippen LogP contribution in [0, 0.1) is 5.92 Å². The Bertz CT molecular complexity index is 436. The van der Waals surface area contributed by atoms with E-state index in [-0.39, 0.29) is 13.0 Å². The second-order valence-corrected chi connectivity index (χ2v) is 3.98. The van der Waals surface area contributed by atoms with Crippen LogP contribution in [0.5, 0.6) is 0 Å². The van der Waals surface area contributed by atoms with Crippen molar-refractivity contribution >= 4 is 17.3 Å². The van der Waals surface area contributed by atoms with Crippen molar-refractivity contribution in [2.24, 2.45) is 5.92 Å². The number of hydrogen-bond donors (Lipinski definition) is 0. The summed E-state index contributed by atoms with van der Waals surface area (Å²) in [5, 5.41) is 0. The number of methoxy groups -OCH3 is 1. The first kappa shape index (κ1) is 14.3. The van der Waals surface area contributed by atoms with Gasteiger partial charge in [-0.25, -0.2) is 0 Å². The van der Waals surface area contributed by atoms with Crippen molar-refractivity contribution in [1.82, 2.24) is 0 Å². The monoisotopic (exact) mass is 248 g/mol. The van der Waals surface area contributed by atoms with Crippen molar-refractivity contribution in [3.05, 3.63) is 35.9 Å². The van der Waals surface area contributed by atoms with Crippen LogP contribution in [0.25, 0.3) is 0 Å². The van der Waals surface area contributed by atoms with Crippen LogP contribution in [0.15, 0.2) is 30.3 Å². The average Bonchev–Trinajstić information content (AvgIpc) is 2.37. The van der Waals surface area contributed by atoms with Crippen molar-refractivity contribution in [3.8, 4) is 0 Å². The van der Waals surface area contributed by atoms with Gasteiger partial charge in [0.15, 0.2) is 11.6 Å². The maximum Gasteiger partial charge on any atom is 0.180 e. The summed E-state index contributed by atoms with van der Waals surface area (Å²) in [7, 11) is 1.47. The van der Waals surface area contributed by atoms with Gasteiger partial charge >= 0.3 is 0 Å². The van der Waals surface area contributed by atoms with Gasteiger partial charge in [0.25, 0.3) is 0 Å². The van der Waals surface area contributed by atoms with E-state index < -0.39 is 23.3 Å². The molecule has 0 amide bonds. The van der Waals surface area contributed by atoms with E-state index in [2.05, 4.69) is 0 Å². The Morgan fingerprint density at radius 1 is 1.17 bits per heavy atom. The van der Waals surface area contributed by atoms with E-state index >= 15 is 0 Å². The Hall–Kier alpha value is -1.81. The Labute approximate surface area is 106 Å². The lowest BCUT2D eigenvalue weighted by Gasteiger charge is -2.11. The van der Waals surface area contributed by atoms with Crippen molar-refractivity contribution < 1.29 is 19.1 Å². The molecule has 0 saturated carbocycles. The van der Waals surface area contributed by atoms with Gasteiger partial charge in [-0.1, -0.05) is 30.3 Å². The second-order valence-electron chi connectivity index (χ2n) is 3.98. The molecule has 1 aromatic carbocycles. The summed E-state index contributed by atoms with van der Waals surface area (Å²) < 4.78 is 4.78. The molecule has 18 heavy (non-hydrogen) atoms. The molecule has 1 atom stereocenters. The molecular formula is C14H16O4. The van der Waals surface area contributed by atoms with Crippen molar-refractivity contribution in [2.75, 3.05) is 13.7 Å².